The molecule has 0 atom stereocenters. The average Bonchev–Trinajstić information content (AvgIpc) is 3.00. The first kappa shape index (κ1) is 10.1. The Morgan fingerprint density at radius 2 is 2.27 bits per heavy atom. The molecule has 0 spiro atoms. The summed E-state index contributed by atoms with van der Waals surface area (Å²) in [6.07, 6.45) is 3.41. The minimum atomic E-state index is 0.221. The van der Waals surface area contributed by atoms with Gasteiger partial charge in [-0.3, -0.25) is 0 Å². The maximum atomic E-state index is 6.42. The van der Waals surface area contributed by atoms with E-state index in [-0.39, 0.29) is 5.41 Å². The van der Waals surface area contributed by atoms with Crippen molar-refractivity contribution in [2.24, 2.45) is 5.73 Å². The predicted octanol–water partition coefficient (Wildman–Crippen LogP) is 2.46. The van der Waals surface area contributed by atoms with Crippen molar-refractivity contribution in [2.45, 2.75) is 31.3 Å². The maximum Gasteiger partial charge on any atom is 0.0742 e. The molecule has 2 nitrogen and oxygen atoms in total. The molecule has 2 N–H and O–H groups in total. The summed E-state index contributed by atoms with van der Waals surface area (Å²) in [7, 11) is 0. The van der Waals surface area contributed by atoms with Gasteiger partial charge in [0, 0.05) is 33.7 Å². The number of halogens is 1. The standard InChI is InChI=1S/C11H14ClNOS/c12-9-7-5-14-4-1-8(7)15-10(9)11(6-13)2-3-11/h1-6,13H2. The van der Waals surface area contributed by atoms with Gasteiger partial charge in [0.15, 0.2) is 0 Å². The van der Waals surface area contributed by atoms with Crippen LogP contribution >= 0.6 is 22.9 Å². The molecule has 82 valence electrons. The highest BCUT2D eigenvalue weighted by Gasteiger charge is 2.46. The Balaban J connectivity index is 2.06. The van der Waals surface area contributed by atoms with Gasteiger partial charge in [-0.05, 0) is 12.8 Å². The van der Waals surface area contributed by atoms with Crippen molar-refractivity contribution in [3.63, 3.8) is 0 Å². The van der Waals surface area contributed by atoms with E-state index in [1.807, 2.05) is 11.3 Å². The van der Waals surface area contributed by atoms with Gasteiger partial charge >= 0.3 is 0 Å². The first-order valence-electron chi connectivity index (χ1n) is 5.35. The molecular weight excluding hydrogens is 230 g/mol. The Morgan fingerprint density at radius 1 is 1.47 bits per heavy atom. The summed E-state index contributed by atoms with van der Waals surface area (Å²) in [6, 6.07) is 0. The molecule has 0 saturated heterocycles. The first-order valence-corrected chi connectivity index (χ1v) is 6.55. The monoisotopic (exact) mass is 243 g/mol. The summed E-state index contributed by atoms with van der Waals surface area (Å²) in [6.45, 7) is 2.25. The molecule has 1 saturated carbocycles. The summed E-state index contributed by atoms with van der Waals surface area (Å²) >= 11 is 8.28. The minimum Gasteiger partial charge on any atom is -0.376 e. The zero-order chi connectivity index (χ0) is 10.5. The predicted molar refractivity (Wildman–Crippen MR) is 62.7 cm³/mol. The van der Waals surface area contributed by atoms with E-state index < -0.39 is 0 Å². The molecule has 1 fully saturated rings. The van der Waals surface area contributed by atoms with E-state index in [0.717, 1.165) is 24.6 Å². The van der Waals surface area contributed by atoms with Crippen molar-refractivity contribution in [2.75, 3.05) is 13.2 Å². The van der Waals surface area contributed by atoms with Gasteiger partial charge in [-0.1, -0.05) is 11.6 Å². The van der Waals surface area contributed by atoms with E-state index in [4.69, 9.17) is 22.1 Å². The lowest BCUT2D eigenvalue weighted by Gasteiger charge is -2.12. The Bertz CT molecular complexity index is 398. The van der Waals surface area contributed by atoms with Crippen LogP contribution in [0.15, 0.2) is 0 Å². The Morgan fingerprint density at radius 3 is 2.87 bits per heavy atom. The number of hydrogen-bond donors (Lipinski definition) is 1. The SMILES string of the molecule is NCC1(c2sc3c(c2Cl)COCC3)CC1. The number of nitrogens with two attached hydrogens (primary N) is 1. The van der Waals surface area contributed by atoms with Crippen LogP contribution in [0.3, 0.4) is 0 Å². The maximum absolute atomic E-state index is 6.42. The number of thiophene rings is 1. The Kier molecular flexibility index (Phi) is 2.32. The van der Waals surface area contributed by atoms with Crippen LogP contribution < -0.4 is 5.73 Å². The molecule has 0 aromatic carbocycles. The van der Waals surface area contributed by atoms with Crippen LogP contribution in [-0.4, -0.2) is 13.2 Å². The van der Waals surface area contributed by atoms with Crippen molar-refractivity contribution in [1.29, 1.82) is 0 Å². The zero-order valence-corrected chi connectivity index (χ0v) is 10.1. The van der Waals surface area contributed by atoms with E-state index in [1.54, 1.807) is 0 Å². The molecule has 15 heavy (non-hydrogen) atoms. The fraction of sp³-hybridized carbons (Fsp3) is 0.636. The molecule has 4 heteroatoms. The van der Waals surface area contributed by atoms with Crippen LogP contribution in [0.25, 0.3) is 0 Å². The molecule has 2 aliphatic rings. The first-order chi connectivity index (χ1) is 7.27. The molecule has 0 bridgehead atoms. The second kappa shape index (κ2) is 3.45. The van der Waals surface area contributed by atoms with E-state index in [0.29, 0.717) is 6.61 Å². The van der Waals surface area contributed by atoms with Gasteiger partial charge in [0.2, 0.25) is 0 Å². The number of rotatable bonds is 2. The summed E-state index contributed by atoms with van der Waals surface area (Å²) in [5, 5.41) is 0.942. The lowest BCUT2D eigenvalue weighted by atomic mass is 10.0. The van der Waals surface area contributed by atoms with Gasteiger partial charge in [0.1, 0.15) is 0 Å². The lowest BCUT2D eigenvalue weighted by Crippen LogP contribution is -2.18. The molecule has 1 aliphatic heterocycles. The van der Waals surface area contributed by atoms with Crippen LogP contribution in [0.5, 0.6) is 0 Å². The Hall–Kier alpha value is -0.0900. The number of ether oxygens (including phenoxy) is 1. The highest BCUT2D eigenvalue weighted by Crippen LogP contribution is 2.54. The van der Waals surface area contributed by atoms with Gasteiger partial charge in [-0.2, -0.15) is 0 Å². The molecule has 0 amide bonds. The van der Waals surface area contributed by atoms with Crippen molar-refractivity contribution in [3.05, 3.63) is 20.3 Å². The third-order valence-electron chi connectivity index (χ3n) is 3.47. The van der Waals surface area contributed by atoms with Crippen molar-refractivity contribution < 1.29 is 4.74 Å². The van der Waals surface area contributed by atoms with Gasteiger partial charge in [-0.15, -0.1) is 11.3 Å². The molecule has 1 aliphatic carbocycles. The van der Waals surface area contributed by atoms with E-state index in [9.17, 15) is 0 Å². The topological polar surface area (TPSA) is 35.2 Å². The smallest absolute Gasteiger partial charge is 0.0742 e. The van der Waals surface area contributed by atoms with Gasteiger partial charge in [0.25, 0.3) is 0 Å². The van der Waals surface area contributed by atoms with Gasteiger partial charge in [0.05, 0.1) is 18.2 Å². The number of fused-ring (bicyclic) bond motifs is 1. The average molecular weight is 244 g/mol. The fourth-order valence-corrected chi connectivity index (χ4v) is 4.16. The second-order valence-corrected chi connectivity index (χ2v) is 5.92. The fourth-order valence-electron chi connectivity index (χ4n) is 2.19. The van der Waals surface area contributed by atoms with Crippen molar-refractivity contribution >= 4 is 22.9 Å². The molecule has 1 aromatic rings. The molecule has 0 unspecified atom stereocenters. The molecular formula is C11H14ClNOS. The summed E-state index contributed by atoms with van der Waals surface area (Å²) in [4.78, 5) is 2.74. The van der Waals surface area contributed by atoms with Crippen LogP contribution in [0, 0.1) is 0 Å². The molecule has 1 aromatic heterocycles. The molecule has 3 rings (SSSR count). The quantitative estimate of drug-likeness (QED) is 0.866. The third-order valence-corrected chi connectivity index (χ3v) is 5.54. The Labute approximate surface area is 98.4 Å². The number of hydrogen-bond acceptors (Lipinski definition) is 3. The summed E-state index contributed by atoms with van der Waals surface area (Å²) in [5.41, 5.74) is 7.29. The molecule has 2 heterocycles. The summed E-state index contributed by atoms with van der Waals surface area (Å²) < 4.78 is 5.45. The lowest BCUT2D eigenvalue weighted by molar-refractivity contribution is 0.112. The molecule has 0 radical (unpaired) electrons. The van der Waals surface area contributed by atoms with Crippen molar-refractivity contribution in [1.82, 2.24) is 0 Å². The zero-order valence-electron chi connectivity index (χ0n) is 8.51. The minimum absolute atomic E-state index is 0.221. The third kappa shape index (κ3) is 1.45. The largest absolute Gasteiger partial charge is 0.376 e. The summed E-state index contributed by atoms with van der Waals surface area (Å²) in [5.74, 6) is 0. The van der Waals surface area contributed by atoms with Crippen molar-refractivity contribution in [3.8, 4) is 0 Å². The van der Waals surface area contributed by atoms with Gasteiger partial charge < -0.3 is 10.5 Å². The van der Waals surface area contributed by atoms with E-state index in [2.05, 4.69) is 0 Å². The highest BCUT2D eigenvalue weighted by atomic mass is 35.5. The van der Waals surface area contributed by atoms with Crippen LogP contribution in [0.1, 0.15) is 28.2 Å². The van der Waals surface area contributed by atoms with E-state index >= 15 is 0 Å². The highest BCUT2D eigenvalue weighted by molar-refractivity contribution is 7.13. The van der Waals surface area contributed by atoms with Crippen LogP contribution in [-0.2, 0) is 23.2 Å². The van der Waals surface area contributed by atoms with Gasteiger partial charge in [-0.25, -0.2) is 0 Å². The normalized spacial score (nSPS) is 22.5. The van der Waals surface area contributed by atoms with Crippen LogP contribution in [0.4, 0.5) is 0 Å². The van der Waals surface area contributed by atoms with E-state index in [1.165, 1.54) is 28.2 Å². The second-order valence-electron chi connectivity index (χ2n) is 4.43. The van der Waals surface area contributed by atoms with Crippen LogP contribution in [0.2, 0.25) is 5.02 Å².